The van der Waals surface area contributed by atoms with Crippen LogP contribution in [0.15, 0.2) is 66.7 Å². The zero-order valence-electron chi connectivity index (χ0n) is 17.7. The number of benzene rings is 3. The van der Waals surface area contributed by atoms with Gasteiger partial charge in [-0.3, -0.25) is 4.79 Å². The fourth-order valence-corrected chi connectivity index (χ4v) is 3.81. The Kier molecular flexibility index (Phi) is 6.40. The van der Waals surface area contributed by atoms with Crippen LogP contribution in [0, 0.1) is 5.82 Å². The normalized spacial score (nSPS) is 15.6. The van der Waals surface area contributed by atoms with Crippen molar-refractivity contribution in [2.24, 2.45) is 0 Å². The lowest BCUT2D eigenvalue weighted by Gasteiger charge is -2.40. The zero-order chi connectivity index (χ0) is 23.6. The van der Waals surface area contributed by atoms with Crippen molar-refractivity contribution in [1.82, 2.24) is 0 Å². The Balaban J connectivity index is 1.59. The molecule has 0 aliphatic carbocycles. The van der Waals surface area contributed by atoms with E-state index in [2.05, 4.69) is 10.1 Å². The van der Waals surface area contributed by atoms with Crippen LogP contribution in [0.2, 0.25) is 0 Å². The van der Waals surface area contributed by atoms with Gasteiger partial charge in [0, 0.05) is 5.69 Å². The molecule has 3 aromatic rings. The Morgan fingerprint density at radius 1 is 1.06 bits per heavy atom. The number of hydrogen-bond donors (Lipinski definition) is 2. The quantitative estimate of drug-likeness (QED) is 0.521. The first-order valence-electron chi connectivity index (χ1n) is 10.3. The Labute approximate surface area is 188 Å². The molecule has 1 unspecified atom stereocenters. The van der Waals surface area contributed by atoms with Gasteiger partial charge in [0.15, 0.2) is 0 Å². The minimum absolute atomic E-state index is 0.0377. The number of anilines is 1. The number of alkyl halides is 2. The molecule has 0 radical (unpaired) electrons. The second-order valence-electron chi connectivity index (χ2n) is 7.92. The molecule has 8 heteroatoms. The molecule has 1 saturated heterocycles. The molecule has 0 saturated carbocycles. The molecule has 1 aliphatic heterocycles. The van der Waals surface area contributed by atoms with Gasteiger partial charge in [-0.2, -0.15) is 8.78 Å². The third kappa shape index (κ3) is 4.72. The van der Waals surface area contributed by atoms with Gasteiger partial charge in [0.05, 0.1) is 19.3 Å². The second kappa shape index (κ2) is 9.25. The fourth-order valence-electron chi connectivity index (χ4n) is 3.81. The molecule has 2 N–H and O–H groups in total. The van der Waals surface area contributed by atoms with Gasteiger partial charge in [-0.05, 0) is 65.6 Å². The highest BCUT2D eigenvalue weighted by Crippen LogP contribution is 2.37. The molecule has 1 amide bonds. The maximum absolute atomic E-state index is 13.1. The van der Waals surface area contributed by atoms with E-state index in [4.69, 9.17) is 4.74 Å². The van der Waals surface area contributed by atoms with E-state index in [-0.39, 0.29) is 24.9 Å². The molecule has 33 heavy (non-hydrogen) atoms. The van der Waals surface area contributed by atoms with Crippen molar-refractivity contribution in [1.29, 1.82) is 0 Å². The van der Waals surface area contributed by atoms with E-state index in [0.717, 1.165) is 11.1 Å². The first-order valence-corrected chi connectivity index (χ1v) is 10.3. The largest absolute Gasteiger partial charge is 0.435 e. The lowest BCUT2D eigenvalue weighted by molar-refractivity contribution is -0.139. The molecule has 5 nitrogen and oxygen atoms in total. The molecular weight excluding hydrogens is 435 g/mol. The maximum Gasteiger partial charge on any atom is 0.387 e. The predicted octanol–water partition coefficient (Wildman–Crippen LogP) is 5.05. The highest BCUT2D eigenvalue weighted by Gasteiger charge is 2.47. The number of ether oxygens (including phenoxy) is 2. The van der Waals surface area contributed by atoms with Crippen molar-refractivity contribution in [3.8, 4) is 16.9 Å². The van der Waals surface area contributed by atoms with Crippen LogP contribution in [-0.2, 0) is 14.9 Å². The molecule has 1 heterocycles. The lowest BCUT2D eigenvalue weighted by atomic mass is 9.77. The molecule has 0 spiro atoms. The lowest BCUT2D eigenvalue weighted by Crippen LogP contribution is -2.55. The van der Waals surface area contributed by atoms with Crippen LogP contribution in [0.4, 0.5) is 18.9 Å². The van der Waals surface area contributed by atoms with E-state index < -0.39 is 23.9 Å². The summed E-state index contributed by atoms with van der Waals surface area (Å²) >= 11 is 0. The van der Waals surface area contributed by atoms with Crippen molar-refractivity contribution in [3.63, 3.8) is 0 Å². The Morgan fingerprint density at radius 3 is 2.27 bits per heavy atom. The topological polar surface area (TPSA) is 67.8 Å². The van der Waals surface area contributed by atoms with Crippen LogP contribution in [0.1, 0.15) is 24.2 Å². The summed E-state index contributed by atoms with van der Waals surface area (Å²) in [5, 5.41) is 13.0. The van der Waals surface area contributed by atoms with Crippen LogP contribution in [0.5, 0.6) is 5.75 Å². The third-order valence-electron chi connectivity index (χ3n) is 5.68. The van der Waals surface area contributed by atoms with E-state index in [1.165, 1.54) is 36.4 Å². The minimum atomic E-state index is -2.96. The van der Waals surface area contributed by atoms with Crippen molar-refractivity contribution in [2.45, 2.75) is 25.1 Å². The van der Waals surface area contributed by atoms with Gasteiger partial charge in [0.1, 0.15) is 17.0 Å². The van der Waals surface area contributed by atoms with Crippen LogP contribution < -0.4 is 10.1 Å². The summed E-state index contributed by atoms with van der Waals surface area (Å²) in [6, 6.07) is 17.1. The van der Waals surface area contributed by atoms with Crippen LogP contribution in [-0.4, -0.2) is 30.8 Å². The molecule has 1 aliphatic rings. The molecule has 172 valence electrons. The number of amides is 1. The first-order chi connectivity index (χ1) is 15.8. The van der Waals surface area contributed by atoms with E-state index in [1.807, 2.05) is 0 Å². The smallest absolute Gasteiger partial charge is 0.387 e. The van der Waals surface area contributed by atoms with Crippen molar-refractivity contribution in [3.05, 3.63) is 83.7 Å². The minimum Gasteiger partial charge on any atom is -0.435 e. The summed E-state index contributed by atoms with van der Waals surface area (Å²) in [7, 11) is 0. The summed E-state index contributed by atoms with van der Waals surface area (Å²) < 4.78 is 48.0. The molecule has 4 rings (SSSR count). The van der Waals surface area contributed by atoms with Crippen LogP contribution in [0.3, 0.4) is 0 Å². The van der Waals surface area contributed by atoms with Gasteiger partial charge in [-0.1, -0.05) is 30.3 Å². The molecular formula is C25H22F3NO4. The monoisotopic (exact) mass is 457 g/mol. The maximum atomic E-state index is 13.1. The van der Waals surface area contributed by atoms with Crippen molar-refractivity contribution >= 4 is 11.6 Å². The van der Waals surface area contributed by atoms with Gasteiger partial charge in [-0.15, -0.1) is 0 Å². The van der Waals surface area contributed by atoms with Crippen molar-refractivity contribution in [2.75, 3.05) is 18.5 Å². The van der Waals surface area contributed by atoms with E-state index in [1.54, 1.807) is 37.3 Å². The zero-order valence-corrected chi connectivity index (χ0v) is 17.7. The summed E-state index contributed by atoms with van der Waals surface area (Å²) in [6.45, 7) is -1.01. The van der Waals surface area contributed by atoms with Gasteiger partial charge >= 0.3 is 6.61 Å². The predicted molar refractivity (Wildman–Crippen MR) is 117 cm³/mol. The van der Waals surface area contributed by atoms with Gasteiger partial charge in [-0.25, -0.2) is 4.39 Å². The number of halogens is 3. The third-order valence-corrected chi connectivity index (χ3v) is 5.68. The summed E-state index contributed by atoms with van der Waals surface area (Å²) in [6.07, 6.45) is -0.909. The standard InChI is InChI=1S/C25H22F3NO4/c1-15(30)22-12-20(33-24(27)28)10-11-21(22)16-2-4-17(5-3-16)25(13-32-14-25)23(31)29-19-8-6-18(26)7-9-19/h2-12,15,24,30H,13-14H2,1H3,(H,29,31). The van der Waals surface area contributed by atoms with E-state index in [0.29, 0.717) is 16.8 Å². The molecule has 1 fully saturated rings. The molecule has 0 bridgehead atoms. The average Bonchev–Trinajstić information content (AvgIpc) is 2.75. The fraction of sp³-hybridized carbons (Fsp3) is 0.240. The van der Waals surface area contributed by atoms with E-state index in [9.17, 15) is 23.1 Å². The van der Waals surface area contributed by atoms with Gasteiger partial charge < -0.3 is 19.9 Å². The first kappa shape index (κ1) is 22.8. The van der Waals surface area contributed by atoms with Crippen LogP contribution in [0.25, 0.3) is 11.1 Å². The Bertz CT molecular complexity index is 1130. The number of aliphatic hydroxyl groups excluding tert-OH is 1. The number of hydrogen-bond acceptors (Lipinski definition) is 4. The summed E-state index contributed by atoms with van der Waals surface area (Å²) in [4.78, 5) is 13.0. The number of nitrogens with one attached hydrogen (secondary N) is 1. The second-order valence-corrected chi connectivity index (χ2v) is 7.92. The molecule has 1 atom stereocenters. The Hall–Kier alpha value is -3.36. The number of carbonyl (C=O) groups excluding carboxylic acids is 1. The van der Waals surface area contributed by atoms with Crippen LogP contribution >= 0.6 is 0 Å². The molecule has 3 aromatic carbocycles. The summed E-state index contributed by atoms with van der Waals surface area (Å²) in [5.74, 6) is -0.689. The van der Waals surface area contributed by atoms with E-state index >= 15 is 0 Å². The van der Waals surface area contributed by atoms with Gasteiger partial charge in [0.25, 0.3) is 0 Å². The highest BCUT2D eigenvalue weighted by atomic mass is 19.3. The average molecular weight is 457 g/mol. The summed E-state index contributed by atoms with van der Waals surface area (Å²) in [5.41, 5.74) is 2.19. The number of aliphatic hydroxyl groups is 1. The van der Waals surface area contributed by atoms with Crippen molar-refractivity contribution < 1.29 is 32.5 Å². The number of carbonyl (C=O) groups is 1. The number of rotatable bonds is 7. The highest BCUT2D eigenvalue weighted by molar-refractivity contribution is 6.00. The molecule has 0 aromatic heterocycles. The Morgan fingerprint density at radius 2 is 1.73 bits per heavy atom. The SMILES string of the molecule is CC(O)c1cc(OC(F)F)ccc1-c1ccc(C2(C(=O)Nc3ccc(F)cc3)COC2)cc1. The van der Waals surface area contributed by atoms with Gasteiger partial charge in [0.2, 0.25) is 5.91 Å².